The van der Waals surface area contributed by atoms with Gasteiger partial charge in [0.05, 0.1) is 12.1 Å². The van der Waals surface area contributed by atoms with Gasteiger partial charge in [-0.05, 0) is 39.8 Å². The van der Waals surface area contributed by atoms with Crippen molar-refractivity contribution in [3.63, 3.8) is 0 Å². The molecule has 4 nitrogen and oxygen atoms in total. The number of para-hydroxylation sites is 1. The van der Waals surface area contributed by atoms with E-state index in [9.17, 15) is 4.79 Å². The second-order valence-corrected chi connectivity index (χ2v) is 6.34. The number of nitrogens with zero attached hydrogens (tertiary/aromatic N) is 1. The Hall–Kier alpha value is -1.97. The van der Waals surface area contributed by atoms with Crippen LogP contribution in [0.1, 0.15) is 27.7 Å². The highest BCUT2D eigenvalue weighted by molar-refractivity contribution is 5.69. The van der Waals surface area contributed by atoms with Crippen molar-refractivity contribution in [3.05, 3.63) is 42.5 Å². The molecule has 0 radical (unpaired) electrons. The lowest BCUT2D eigenvalue weighted by molar-refractivity contribution is 0.0186. The average Bonchev–Trinajstić information content (AvgIpc) is 2.40. The van der Waals surface area contributed by atoms with Gasteiger partial charge in [0.2, 0.25) is 0 Å². The highest BCUT2D eigenvalue weighted by Crippen LogP contribution is 2.20. The Kier molecular flexibility index (Phi) is 4.56. The number of rotatable bonds is 2. The van der Waals surface area contributed by atoms with E-state index in [1.54, 1.807) is 4.90 Å². The molecule has 4 heteroatoms. The minimum Gasteiger partial charge on any atom is -0.444 e. The second kappa shape index (κ2) is 6.20. The van der Waals surface area contributed by atoms with E-state index in [1.807, 2.05) is 64.1 Å². The number of carbonyl (C=O) groups excluding carboxylic acids is 1. The Morgan fingerprint density at radius 1 is 1.29 bits per heavy atom. The molecular formula is C17H24N2O2. The largest absolute Gasteiger partial charge is 0.444 e. The minimum atomic E-state index is -0.472. The van der Waals surface area contributed by atoms with Gasteiger partial charge in [-0.25, -0.2) is 4.79 Å². The highest BCUT2D eigenvalue weighted by Gasteiger charge is 2.31. The molecule has 1 aliphatic rings. The summed E-state index contributed by atoms with van der Waals surface area (Å²) in [5.41, 5.74) is 0.574. The van der Waals surface area contributed by atoms with Crippen LogP contribution >= 0.6 is 0 Å². The first-order valence-electron chi connectivity index (χ1n) is 7.35. The summed E-state index contributed by atoms with van der Waals surface area (Å²) in [7, 11) is 0. The van der Waals surface area contributed by atoms with Crippen LogP contribution in [0.25, 0.3) is 0 Å². The van der Waals surface area contributed by atoms with Crippen LogP contribution in [0.3, 0.4) is 0 Å². The summed E-state index contributed by atoms with van der Waals surface area (Å²) in [6, 6.07) is 10.1. The van der Waals surface area contributed by atoms with Gasteiger partial charge >= 0.3 is 6.09 Å². The number of anilines is 1. The van der Waals surface area contributed by atoms with Gasteiger partial charge < -0.3 is 10.1 Å². The van der Waals surface area contributed by atoms with E-state index in [-0.39, 0.29) is 18.2 Å². The normalized spacial score (nSPS) is 22.0. The quantitative estimate of drug-likeness (QED) is 0.844. The van der Waals surface area contributed by atoms with Crippen molar-refractivity contribution in [1.82, 2.24) is 4.90 Å². The molecule has 1 amide bonds. The molecule has 0 fully saturated rings. The van der Waals surface area contributed by atoms with Crippen LogP contribution in [-0.4, -0.2) is 35.2 Å². The average molecular weight is 288 g/mol. The summed E-state index contributed by atoms with van der Waals surface area (Å²) in [5.74, 6) is 0. The second-order valence-electron chi connectivity index (χ2n) is 6.34. The third-order valence-corrected chi connectivity index (χ3v) is 3.39. The van der Waals surface area contributed by atoms with Crippen molar-refractivity contribution in [3.8, 4) is 0 Å². The summed E-state index contributed by atoms with van der Waals surface area (Å²) >= 11 is 0. The molecule has 0 unspecified atom stereocenters. The number of hydrogen-bond acceptors (Lipinski definition) is 3. The SMILES string of the molecule is C[C@@H]1[C@@H](Nc2ccccc2)C=CCN1C(=O)OC(C)(C)C. The lowest BCUT2D eigenvalue weighted by atomic mass is 10.0. The maximum absolute atomic E-state index is 12.3. The first-order chi connectivity index (χ1) is 9.87. The third kappa shape index (κ3) is 4.25. The number of carbonyl (C=O) groups is 1. The number of amides is 1. The predicted molar refractivity (Wildman–Crippen MR) is 85.4 cm³/mol. The third-order valence-electron chi connectivity index (χ3n) is 3.39. The van der Waals surface area contributed by atoms with Crippen LogP contribution < -0.4 is 5.32 Å². The fraction of sp³-hybridized carbons (Fsp3) is 0.471. The molecule has 1 aromatic rings. The highest BCUT2D eigenvalue weighted by atomic mass is 16.6. The van der Waals surface area contributed by atoms with Gasteiger partial charge in [0, 0.05) is 12.2 Å². The van der Waals surface area contributed by atoms with Crippen LogP contribution in [0, 0.1) is 0 Å². The van der Waals surface area contributed by atoms with Gasteiger partial charge in [-0.15, -0.1) is 0 Å². The van der Waals surface area contributed by atoms with Gasteiger partial charge in [0.15, 0.2) is 0 Å². The van der Waals surface area contributed by atoms with Crippen LogP contribution in [0.4, 0.5) is 10.5 Å². The van der Waals surface area contributed by atoms with Crippen molar-refractivity contribution in [2.45, 2.75) is 45.4 Å². The fourth-order valence-electron chi connectivity index (χ4n) is 2.30. The molecule has 0 spiro atoms. The molecule has 0 bridgehead atoms. The van der Waals surface area contributed by atoms with Crippen LogP contribution in [0.2, 0.25) is 0 Å². The zero-order valence-electron chi connectivity index (χ0n) is 13.2. The molecule has 2 atom stereocenters. The number of nitrogens with one attached hydrogen (secondary N) is 1. The van der Waals surface area contributed by atoms with Gasteiger partial charge in [0.25, 0.3) is 0 Å². The van der Waals surface area contributed by atoms with E-state index in [0.717, 1.165) is 5.69 Å². The smallest absolute Gasteiger partial charge is 0.410 e. The molecule has 0 saturated heterocycles. The number of benzene rings is 1. The first kappa shape index (κ1) is 15.4. The maximum atomic E-state index is 12.3. The molecule has 21 heavy (non-hydrogen) atoms. The minimum absolute atomic E-state index is 0.0325. The molecular weight excluding hydrogens is 264 g/mol. The standard InChI is InChI=1S/C17H24N2O2/c1-13-15(18-14-9-6-5-7-10-14)11-8-12-19(13)16(20)21-17(2,3)4/h5-11,13,15,18H,12H2,1-4H3/t13-,15+/m1/s1. The first-order valence-corrected chi connectivity index (χ1v) is 7.35. The van der Waals surface area contributed by atoms with E-state index < -0.39 is 5.60 Å². The molecule has 0 aromatic heterocycles. The van der Waals surface area contributed by atoms with Crippen LogP contribution in [0.15, 0.2) is 42.5 Å². The van der Waals surface area contributed by atoms with Crippen molar-refractivity contribution < 1.29 is 9.53 Å². The zero-order chi connectivity index (χ0) is 15.5. The summed E-state index contributed by atoms with van der Waals surface area (Å²) in [4.78, 5) is 14.0. The molecule has 1 aliphatic heterocycles. The Morgan fingerprint density at radius 2 is 1.95 bits per heavy atom. The van der Waals surface area contributed by atoms with Crippen LogP contribution in [-0.2, 0) is 4.74 Å². The number of ether oxygens (including phenoxy) is 1. The van der Waals surface area contributed by atoms with Crippen LogP contribution in [0.5, 0.6) is 0 Å². The molecule has 1 heterocycles. The van der Waals surface area contributed by atoms with Crippen molar-refractivity contribution in [1.29, 1.82) is 0 Å². The van der Waals surface area contributed by atoms with E-state index in [2.05, 4.69) is 11.4 Å². The van der Waals surface area contributed by atoms with E-state index in [0.29, 0.717) is 6.54 Å². The molecule has 0 saturated carbocycles. The molecule has 1 N–H and O–H groups in total. The van der Waals surface area contributed by atoms with Gasteiger partial charge in [-0.2, -0.15) is 0 Å². The summed E-state index contributed by atoms with van der Waals surface area (Å²) < 4.78 is 5.47. The Balaban J connectivity index is 2.04. The Labute approximate surface area is 126 Å². The maximum Gasteiger partial charge on any atom is 0.410 e. The molecule has 114 valence electrons. The Bertz CT molecular complexity index is 505. The topological polar surface area (TPSA) is 41.6 Å². The van der Waals surface area contributed by atoms with Gasteiger partial charge in [0.1, 0.15) is 5.60 Å². The molecule has 0 aliphatic carbocycles. The van der Waals surface area contributed by atoms with Crippen molar-refractivity contribution in [2.24, 2.45) is 0 Å². The summed E-state index contributed by atoms with van der Waals surface area (Å²) in [6.07, 6.45) is 3.85. The molecule has 2 rings (SSSR count). The lowest BCUT2D eigenvalue weighted by Crippen LogP contribution is -2.51. The van der Waals surface area contributed by atoms with E-state index in [1.165, 1.54) is 0 Å². The molecule has 1 aromatic carbocycles. The van der Waals surface area contributed by atoms with E-state index >= 15 is 0 Å². The fourth-order valence-corrected chi connectivity index (χ4v) is 2.30. The summed E-state index contributed by atoms with van der Waals surface area (Å²) in [5, 5.41) is 3.44. The zero-order valence-corrected chi connectivity index (χ0v) is 13.2. The number of hydrogen-bond donors (Lipinski definition) is 1. The van der Waals surface area contributed by atoms with Gasteiger partial charge in [-0.1, -0.05) is 30.4 Å². The van der Waals surface area contributed by atoms with Crippen molar-refractivity contribution in [2.75, 3.05) is 11.9 Å². The monoisotopic (exact) mass is 288 g/mol. The summed E-state index contributed by atoms with van der Waals surface area (Å²) in [6.45, 7) is 8.27. The van der Waals surface area contributed by atoms with E-state index in [4.69, 9.17) is 4.74 Å². The van der Waals surface area contributed by atoms with Crippen molar-refractivity contribution >= 4 is 11.8 Å². The van der Waals surface area contributed by atoms with Gasteiger partial charge in [-0.3, -0.25) is 4.90 Å². The lowest BCUT2D eigenvalue weighted by Gasteiger charge is -2.37. The predicted octanol–water partition coefficient (Wildman–Crippen LogP) is 3.66. The Morgan fingerprint density at radius 3 is 2.57 bits per heavy atom.